The number of benzene rings is 1. The lowest BCUT2D eigenvalue weighted by Gasteiger charge is -2.19. The van der Waals surface area contributed by atoms with E-state index in [1.54, 1.807) is 13.1 Å². The number of aromatic carboxylic acids is 1. The Morgan fingerprint density at radius 2 is 2.17 bits per heavy atom. The van der Waals surface area contributed by atoms with Gasteiger partial charge in [0.05, 0.1) is 6.20 Å². The molecule has 0 aliphatic carbocycles. The smallest absolute Gasteiger partial charge is 0.339 e. The van der Waals surface area contributed by atoms with Crippen molar-refractivity contribution in [3.8, 4) is 0 Å². The first kappa shape index (κ1) is 12.0. The number of carboxylic acid groups (broad SMARTS) is 1. The third-order valence-corrected chi connectivity index (χ3v) is 2.44. The Morgan fingerprint density at radius 3 is 2.83 bits per heavy atom. The third-order valence-electron chi connectivity index (χ3n) is 2.44. The van der Waals surface area contributed by atoms with Crippen LogP contribution in [0.4, 0.5) is 15.9 Å². The van der Waals surface area contributed by atoms with Crippen molar-refractivity contribution in [1.29, 1.82) is 0 Å². The summed E-state index contributed by atoms with van der Waals surface area (Å²) in [6.45, 7) is 0. The Labute approximate surface area is 103 Å². The number of aromatic nitrogens is 2. The van der Waals surface area contributed by atoms with Crippen LogP contribution in [0, 0.1) is 5.82 Å². The van der Waals surface area contributed by atoms with E-state index in [1.165, 1.54) is 35.4 Å². The van der Waals surface area contributed by atoms with Crippen molar-refractivity contribution in [1.82, 2.24) is 10.2 Å². The molecule has 2 rings (SSSR count). The Balaban J connectivity index is 2.46. The molecule has 6 heteroatoms. The van der Waals surface area contributed by atoms with Gasteiger partial charge in [-0.25, -0.2) is 9.18 Å². The van der Waals surface area contributed by atoms with Gasteiger partial charge in [-0.3, -0.25) is 0 Å². The molecule has 5 nitrogen and oxygen atoms in total. The lowest BCUT2D eigenvalue weighted by molar-refractivity contribution is 0.0697. The van der Waals surface area contributed by atoms with Crippen molar-refractivity contribution >= 4 is 17.5 Å². The van der Waals surface area contributed by atoms with Gasteiger partial charge in [0.15, 0.2) is 5.82 Å². The molecule has 0 amide bonds. The molecular weight excluding hydrogens is 237 g/mol. The van der Waals surface area contributed by atoms with E-state index in [9.17, 15) is 9.18 Å². The van der Waals surface area contributed by atoms with Gasteiger partial charge >= 0.3 is 5.97 Å². The van der Waals surface area contributed by atoms with Gasteiger partial charge in [-0.15, -0.1) is 5.10 Å². The fourth-order valence-electron chi connectivity index (χ4n) is 1.55. The van der Waals surface area contributed by atoms with Crippen LogP contribution in [0.1, 0.15) is 10.4 Å². The van der Waals surface area contributed by atoms with Crippen LogP contribution in [0.25, 0.3) is 0 Å². The lowest BCUT2D eigenvalue weighted by Crippen LogP contribution is -2.16. The summed E-state index contributed by atoms with van der Waals surface area (Å²) in [6, 6.07) is 7.15. The molecule has 0 bridgehead atoms. The minimum atomic E-state index is -1.11. The highest BCUT2D eigenvalue weighted by Crippen LogP contribution is 2.24. The van der Waals surface area contributed by atoms with Gasteiger partial charge in [0, 0.05) is 12.7 Å². The van der Waals surface area contributed by atoms with E-state index in [1.807, 2.05) is 0 Å². The Hall–Kier alpha value is -2.50. The van der Waals surface area contributed by atoms with E-state index in [-0.39, 0.29) is 11.4 Å². The van der Waals surface area contributed by atoms with Gasteiger partial charge in [0.1, 0.15) is 11.4 Å². The highest BCUT2D eigenvalue weighted by atomic mass is 19.1. The molecule has 0 spiro atoms. The summed E-state index contributed by atoms with van der Waals surface area (Å²) < 4.78 is 13.1. The molecule has 0 saturated carbocycles. The van der Waals surface area contributed by atoms with E-state index in [0.717, 1.165) is 0 Å². The summed E-state index contributed by atoms with van der Waals surface area (Å²) in [7, 11) is 1.60. The Kier molecular flexibility index (Phi) is 3.18. The SMILES string of the molecule is CN(c1cccc(F)c1)c1nnccc1C(=O)O. The van der Waals surface area contributed by atoms with E-state index in [4.69, 9.17) is 5.11 Å². The minimum absolute atomic E-state index is 0.0109. The molecular formula is C12H10FN3O2. The maximum absolute atomic E-state index is 13.1. The van der Waals surface area contributed by atoms with Crippen molar-refractivity contribution in [3.05, 3.63) is 47.9 Å². The average Bonchev–Trinajstić information content (AvgIpc) is 2.38. The zero-order valence-electron chi connectivity index (χ0n) is 9.54. The average molecular weight is 247 g/mol. The van der Waals surface area contributed by atoms with Crippen molar-refractivity contribution in [3.63, 3.8) is 0 Å². The van der Waals surface area contributed by atoms with Gasteiger partial charge < -0.3 is 10.0 Å². The van der Waals surface area contributed by atoms with Crippen LogP contribution in [-0.4, -0.2) is 28.3 Å². The van der Waals surface area contributed by atoms with E-state index >= 15 is 0 Å². The Morgan fingerprint density at radius 1 is 1.39 bits per heavy atom. The number of carboxylic acids is 1. The molecule has 1 N–H and O–H groups in total. The Bertz CT molecular complexity index is 589. The number of nitrogens with zero attached hydrogens (tertiary/aromatic N) is 3. The fraction of sp³-hybridized carbons (Fsp3) is 0.0833. The molecule has 0 aliphatic rings. The zero-order chi connectivity index (χ0) is 13.1. The third kappa shape index (κ3) is 2.27. The lowest BCUT2D eigenvalue weighted by atomic mass is 10.2. The van der Waals surface area contributed by atoms with Crippen LogP contribution in [0.2, 0.25) is 0 Å². The molecule has 1 aromatic heterocycles. The van der Waals surface area contributed by atoms with Crippen LogP contribution >= 0.6 is 0 Å². The van der Waals surface area contributed by atoms with Crippen LogP contribution < -0.4 is 4.90 Å². The minimum Gasteiger partial charge on any atom is -0.478 e. The summed E-state index contributed by atoms with van der Waals surface area (Å²) in [5, 5.41) is 16.5. The first-order valence-corrected chi connectivity index (χ1v) is 5.14. The van der Waals surface area contributed by atoms with E-state index in [2.05, 4.69) is 10.2 Å². The molecule has 1 heterocycles. The first-order valence-electron chi connectivity index (χ1n) is 5.14. The summed E-state index contributed by atoms with van der Waals surface area (Å²) in [6.07, 6.45) is 1.30. The monoisotopic (exact) mass is 247 g/mol. The predicted molar refractivity (Wildman–Crippen MR) is 63.5 cm³/mol. The molecule has 0 saturated heterocycles. The summed E-state index contributed by atoms with van der Waals surface area (Å²) in [5.74, 6) is -1.35. The van der Waals surface area contributed by atoms with Crippen LogP contribution in [-0.2, 0) is 0 Å². The quantitative estimate of drug-likeness (QED) is 0.899. The van der Waals surface area contributed by atoms with Gasteiger partial charge in [0.2, 0.25) is 0 Å². The standard InChI is InChI=1S/C12H10FN3O2/c1-16(9-4-2-3-8(13)7-9)11-10(12(17)18)5-6-14-15-11/h2-7H,1H3,(H,17,18). The molecule has 0 radical (unpaired) electrons. The maximum atomic E-state index is 13.1. The van der Waals surface area contributed by atoms with E-state index < -0.39 is 11.8 Å². The number of hydrogen-bond acceptors (Lipinski definition) is 4. The maximum Gasteiger partial charge on any atom is 0.339 e. The molecule has 92 valence electrons. The molecule has 0 unspecified atom stereocenters. The molecule has 0 aliphatic heterocycles. The van der Waals surface area contributed by atoms with Gasteiger partial charge in [-0.05, 0) is 24.3 Å². The highest BCUT2D eigenvalue weighted by Gasteiger charge is 2.16. The molecule has 0 atom stereocenters. The van der Waals surface area contributed by atoms with Crippen LogP contribution in [0.3, 0.4) is 0 Å². The van der Waals surface area contributed by atoms with Crippen molar-refractivity contribution in [2.24, 2.45) is 0 Å². The normalized spacial score (nSPS) is 10.1. The van der Waals surface area contributed by atoms with Gasteiger partial charge in [-0.1, -0.05) is 6.07 Å². The number of halogens is 1. The first-order chi connectivity index (χ1) is 8.59. The van der Waals surface area contributed by atoms with Crippen molar-refractivity contribution in [2.75, 3.05) is 11.9 Å². The van der Waals surface area contributed by atoms with Gasteiger partial charge in [-0.2, -0.15) is 5.10 Å². The summed E-state index contributed by atoms with van der Waals surface area (Å²) in [4.78, 5) is 12.5. The summed E-state index contributed by atoms with van der Waals surface area (Å²) >= 11 is 0. The molecule has 2 aromatic rings. The predicted octanol–water partition coefficient (Wildman–Crippen LogP) is 2.08. The topological polar surface area (TPSA) is 66.3 Å². The number of hydrogen-bond donors (Lipinski definition) is 1. The molecule has 18 heavy (non-hydrogen) atoms. The van der Waals surface area contributed by atoms with E-state index in [0.29, 0.717) is 5.69 Å². The molecule has 1 aromatic carbocycles. The van der Waals surface area contributed by atoms with Crippen LogP contribution in [0.5, 0.6) is 0 Å². The zero-order valence-corrected chi connectivity index (χ0v) is 9.54. The van der Waals surface area contributed by atoms with Crippen molar-refractivity contribution in [2.45, 2.75) is 0 Å². The fourth-order valence-corrected chi connectivity index (χ4v) is 1.55. The number of rotatable bonds is 3. The number of anilines is 2. The second-order valence-electron chi connectivity index (χ2n) is 3.61. The van der Waals surface area contributed by atoms with Crippen LogP contribution in [0.15, 0.2) is 36.5 Å². The summed E-state index contributed by atoms with van der Waals surface area (Å²) in [5.41, 5.74) is 0.509. The van der Waals surface area contributed by atoms with Crippen molar-refractivity contribution < 1.29 is 14.3 Å². The number of carbonyl (C=O) groups is 1. The second-order valence-corrected chi connectivity index (χ2v) is 3.61. The molecule has 0 fully saturated rings. The second kappa shape index (κ2) is 4.79. The highest BCUT2D eigenvalue weighted by molar-refractivity contribution is 5.94. The largest absolute Gasteiger partial charge is 0.478 e. The van der Waals surface area contributed by atoms with Gasteiger partial charge in [0.25, 0.3) is 0 Å².